The van der Waals surface area contributed by atoms with Gasteiger partial charge in [-0.05, 0) is 49.2 Å². The van der Waals surface area contributed by atoms with E-state index >= 15 is 0 Å². The minimum atomic E-state index is -0.547. The number of fused-ring (bicyclic) bond motifs is 1. The molecule has 1 amide bonds. The number of benzene rings is 2. The summed E-state index contributed by atoms with van der Waals surface area (Å²) >= 11 is 3.19. The van der Waals surface area contributed by atoms with Gasteiger partial charge in [0.25, 0.3) is 5.91 Å². The van der Waals surface area contributed by atoms with Crippen LogP contribution >= 0.6 is 15.9 Å². The van der Waals surface area contributed by atoms with Gasteiger partial charge in [-0.1, -0.05) is 15.9 Å². The minimum Gasteiger partial charge on any atom is -0.486 e. The molecule has 0 saturated carbocycles. The maximum absolute atomic E-state index is 14.1. The third kappa shape index (κ3) is 3.76. The fraction of sp³-hybridized carbons (Fsp3) is 0.333. The quantitative estimate of drug-likeness (QED) is 0.664. The van der Waals surface area contributed by atoms with E-state index in [9.17, 15) is 14.0 Å². The van der Waals surface area contributed by atoms with Crippen molar-refractivity contribution in [2.75, 3.05) is 26.3 Å². The van der Waals surface area contributed by atoms with Gasteiger partial charge in [-0.15, -0.1) is 0 Å². The first-order valence-corrected chi connectivity index (χ1v) is 10.0. The zero-order valence-corrected chi connectivity index (χ0v) is 16.7. The summed E-state index contributed by atoms with van der Waals surface area (Å²) in [6.45, 7) is 1.83. The van der Waals surface area contributed by atoms with Gasteiger partial charge in [0.1, 0.15) is 19.0 Å². The molecule has 1 fully saturated rings. The van der Waals surface area contributed by atoms with Crippen LogP contribution in [-0.2, 0) is 0 Å². The molecular formula is C21H19BrFNO4. The summed E-state index contributed by atoms with van der Waals surface area (Å²) in [5.74, 6) is 0.236. The molecule has 0 atom stereocenters. The van der Waals surface area contributed by atoms with Crippen molar-refractivity contribution in [3.05, 3.63) is 57.8 Å². The van der Waals surface area contributed by atoms with Crippen molar-refractivity contribution in [1.82, 2.24) is 4.90 Å². The Hall–Kier alpha value is -2.41. The average Bonchev–Trinajstić information content (AvgIpc) is 2.72. The van der Waals surface area contributed by atoms with Crippen LogP contribution in [0.5, 0.6) is 11.5 Å². The van der Waals surface area contributed by atoms with Gasteiger partial charge >= 0.3 is 0 Å². The molecule has 0 radical (unpaired) electrons. The molecule has 0 unspecified atom stereocenters. The summed E-state index contributed by atoms with van der Waals surface area (Å²) in [6.07, 6.45) is 1.11. The largest absolute Gasteiger partial charge is 0.486 e. The Labute approximate surface area is 170 Å². The zero-order chi connectivity index (χ0) is 19.7. The lowest BCUT2D eigenvalue weighted by Gasteiger charge is -2.31. The third-order valence-corrected chi connectivity index (χ3v) is 5.63. The molecule has 0 bridgehead atoms. The highest BCUT2D eigenvalue weighted by molar-refractivity contribution is 9.10. The van der Waals surface area contributed by atoms with Crippen molar-refractivity contribution >= 4 is 27.6 Å². The number of nitrogens with zero attached hydrogens (tertiary/aromatic N) is 1. The van der Waals surface area contributed by atoms with Gasteiger partial charge in [0.15, 0.2) is 17.3 Å². The second-order valence-electron chi connectivity index (χ2n) is 6.91. The number of carbonyl (C=O) groups excluding carboxylic acids is 2. The van der Waals surface area contributed by atoms with Crippen molar-refractivity contribution in [3.8, 4) is 11.5 Å². The first kappa shape index (κ1) is 18.9. The van der Waals surface area contributed by atoms with E-state index < -0.39 is 5.82 Å². The van der Waals surface area contributed by atoms with E-state index in [2.05, 4.69) is 15.9 Å². The highest BCUT2D eigenvalue weighted by atomic mass is 79.9. The van der Waals surface area contributed by atoms with Gasteiger partial charge in [0, 0.05) is 29.0 Å². The Morgan fingerprint density at radius 3 is 2.43 bits per heavy atom. The standard InChI is InChI=1S/C21H19BrFNO4/c22-15-2-3-16(17(23)12-15)21(26)24-7-5-13(6-8-24)20(25)14-1-4-18-19(11-14)28-10-9-27-18/h1-4,11-13H,5-10H2. The highest BCUT2D eigenvalue weighted by Gasteiger charge is 2.30. The molecule has 7 heteroatoms. The van der Waals surface area contributed by atoms with Crippen molar-refractivity contribution in [2.24, 2.45) is 5.92 Å². The third-order valence-electron chi connectivity index (χ3n) is 5.14. The van der Waals surface area contributed by atoms with Crippen molar-refractivity contribution in [2.45, 2.75) is 12.8 Å². The molecule has 5 nitrogen and oxygen atoms in total. The second kappa shape index (κ2) is 7.91. The summed E-state index contributed by atoms with van der Waals surface area (Å²) in [7, 11) is 0. The molecule has 146 valence electrons. The first-order valence-electron chi connectivity index (χ1n) is 9.21. The fourth-order valence-corrected chi connectivity index (χ4v) is 3.94. The number of amides is 1. The highest BCUT2D eigenvalue weighted by Crippen LogP contribution is 2.32. The molecule has 2 aromatic carbocycles. The van der Waals surface area contributed by atoms with Crippen molar-refractivity contribution < 1.29 is 23.5 Å². The van der Waals surface area contributed by atoms with Gasteiger partial charge in [-0.25, -0.2) is 4.39 Å². The number of Topliss-reactive ketones (excluding diaryl/α,β-unsaturated/α-hetero) is 1. The number of carbonyl (C=O) groups is 2. The number of hydrogen-bond donors (Lipinski definition) is 0. The molecular weight excluding hydrogens is 429 g/mol. The maximum atomic E-state index is 14.1. The Morgan fingerprint density at radius 2 is 1.71 bits per heavy atom. The number of likely N-dealkylation sites (tertiary alicyclic amines) is 1. The number of rotatable bonds is 3. The van der Waals surface area contributed by atoms with Crippen LogP contribution < -0.4 is 9.47 Å². The van der Waals surface area contributed by atoms with E-state index in [-0.39, 0.29) is 23.2 Å². The van der Waals surface area contributed by atoms with Gasteiger partial charge in [-0.3, -0.25) is 9.59 Å². The van der Waals surface area contributed by atoms with Crippen LogP contribution in [0.15, 0.2) is 40.9 Å². The van der Waals surface area contributed by atoms with E-state index in [1.54, 1.807) is 29.2 Å². The molecule has 0 aromatic heterocycles. The lowest BCUT2D eigenvalue weighted by atomic mass is 9.88. The Balaban J connectivity index is 1.41. The molecule has 2 aromatic rings. The van der Waals surface area contributed by atoms with Crippen LogP contribution in [0.25, 0.3) is 0 Å². The molecule has 2 aliphatic heterocycles. The summed E-state index contributed by atoms with van der Waals surface area (Å²) < 4.78 is 25.7. The lowest BCUT2D eigenvalue weighted by Crippen LogP contribution is -2.40. The molecule has 28 heavy (non-hydrogen) atoms. The maximum Gasteiger partial charge on any atom is 0.256 e. The van der Waals surface area contributed by atoms with Crippen molar-refractivity contribution in [1.29, 1.82) is 0 Å². The van der Waals surface area contributed by atoms with Gasteiger partial charge in [0.2, 0.25) is 0 Å². The van der Waals surface area contributed by atoms with E-state index in [1.165, 1.54) is 12.1 Å². The fourth-order valence-electron chi connectivity index (χ4n) is 3.61. The molecule has 2 aliphatic rings. The summed E-state index contributed by atoms with van der Waals surface area (Å²) in [6, 6.07) is 9.65. The van der Waals surface area contributed by atoms with Crippen LogP contribution in [0.4, 0.5) is 4.39 Å². The molecule has 4 rings (SSSR count). The molecule has 2 heterocycles. The second-order valence-corrected chi connectivity index (χ2v) is 7.83. The molecule has 0 spiro atoms. The van der Waals surface area contributed by atoms with Crippen LogP contribution in [-0.4, -0.2) is 42.9 Å². The minimum absolute atomic E-state index is 0.0406. The van der Waals surface area contributed by atoms with E-state index in [0.717, 1.165) is 0 Å². The number of ether oxygens (including phenoxy) is 2. The Bertz CT molecular complexity index is 925. The number of ketones is 1. The van der Waals surface area contributed by atoms with Gasteiger partial charge < -0.3 is 14.4 Å². The smallest absolute Gasteiger partial charge is 0.256 e. The first-order chi connectivity index (χ1) is 13.5. The summed E-state index contributed by atoms with van der Waals surface area (Å²) in [5, 5.41) is 0. The van der Waals surface area contributed by atoms with E-state index in [4.69, 9.17) is 9.47 Å². The van der Waals surface area contributed by atoms with Crippen LogP contribution in [0.2, 0.25) is 0 Å². The number of piperidine rings is 1. The predicted molar refractivity (Wildman–Crippen MR) is 104 cm³/mol. The molecule has 0 aliphatic carbocycles. The number of halogens is 2. The monoisotopic (exact) mass is 447 g/mol. The van der Waals surface area contributed by atoms with Gasteiger partial charge in [-0.2, -0.15) is 0 Å². The number of hydrogen-bond acceptors (Lipinski definition) is 4. The Morgan fingerprint density at radius 1 is 1.00 bits per heavy atom. The van der Waals surface area contributed by atoms with Crippen LogP contribution in [0, 0.1) is 11.7 Å². The van der Waals surface area contributed by atoms with E-state index in [1.807, 2.05) is 0 Å². The lowest BCUT2D eigenvalue weighted by molar-refractivity contribution is 0.0646. The summed E-state index contributed by atoms with van der Waals surface area (Å²) in [5.41, 5.74) is 0.646. The van der Waals surface area contributed by atoms with Crippen LogP contribution in [0.3, 0.4) is 0 Å². The molecule has 1 saturated heterocycles. The van der Waals surface area contributed by atoms with Gasteiger partial charge in [0.05, 0.1) is 5.56 Å². The molecule has 0 N–H and O–H groups in total. The Kier molecular flexibility index (Phi) is 5.35. The van der Waals surface area contributed by atoms with Crippen molar-refractivity contribution in [3.63, 3.8) is 0 Å². The average molecular weight is 448 g/mol. The summed E-state index contributed by atoms with van der Waals surface area (Å²) in [4.78, 5) is 27.1. The topological polar surface area (TPSA) is 55.8 Å². The van der Waals surface area contributed by atoms with E-state index in [0.29, 0.717) is 60.7 Å². The zero-order valence-electron chi connectivity index (χ0n) is 15.1. The SMILES string of the molecule is O=C(c1ccc2c(c1)OCCO2)C1CCN(C(=O)c2ccc(Br)cc2F)CC1. The van der Waals surface area contributed by atoms with Crippen LogP contribution in [0.1, 0.15) is 33.6 Å². The predicted octanol–water partition coefficient (Wildman–Crippen LogP) is 4.09. The normalized spacial score (nSPS) is 16.7.